The molecule has 0 saturated heterocycles. The molecule has 4 nitrogen and oxygen atoms in total. The van der Waals surface area contributed by atoms with Crippen molar-refractivity contribution in [1.29, 1.82) is 0 Å². The Morgan fingerprint density at radius 3 is 1.84 bits per heavy atom. The predicted molar refractivity (Wildman–Crippen MR) is 206 cm³/mol. The van der Waals surface area contributed by atoms with E-state index >= 15 is 0 Å². The van der Waals surface area contributed by atoms with Crippen molar-refractivity contribution in [1.82, 2.24) is 14.5 Å². The van der Waals surface area contributed by atoms with Crippen LogP contribution in [0.4, 0.5) is 0 Å². The Bertz CT molecular complexity index is 2140. The maximum Gasteiger partial charge on any atom is 0.148 e. The van der Waals surface area contributed by atoms with Gasteiger partial charge in [0.05, 0.1) is 16.6 Å². The van der Waals surface area contributed by atoms with Crippen molar-refractivity contribution in [3.8, 4) is 45.2 Å². The molecular formula is C45H50N3OPt-. The second-order valence-electron chi connectivity index (χ2n) is 16.8. The van der Waals surface area contributed by atoms with Crippen LogP contribution in [0.1, 0.15) is 104 Å². The van der Waals surface area contributed by atoms with Crippen LogP contribution in [0.5, 0.6) is 5.75 Å². The average molecular weight is 844 g/mol. The Kier molecular flexibility index (Phi) is 10.1. The van der Waals surface area contributed by atoms with Crippen molar-refractivity contribution in [2.24, 2.45) is 0 Å². The van der Waals surface area contributed by atoms with Gasteiger partial charge in [-0.3, -0.25) is 9.55 Å². The van der Waals surface area contributed by atoms with Crippen molar-refractivity contribution >= 4 is 11.0 Å². The van der Waals surface area contributed by atoms with Gasteiger partial charge in [-0.05, 0) is 75.3 Å². The van der Waals surface area contributed by atoms with E-state index in [-0.39, 0.29) is 43.1 Å². The minimum Gasteiger partial charge on any atom is -0.507 e. The summed E-state index contributed by atoms with van der Waals surface area (Å²) in [5.41, 5.74) is 12.1. The number of aromatic nitrogens is 3. The minimum atomic E-state index is -0.0980. The number of phenols is 1. The minimum absolute atomic E-state index is 0. The smallest absolute Gasteiger partial charge is 0.148 e. The van der Waals surface area contributed by atoms with Crippen molar-refractivity contribution in [2.75, 3.05) is 0 Å². The third-order valence-corrected chi connectivity index (χ3v) is 9.49. The third-order valence-electron chi connectivity index (χ3n) is 9.49. The Hall–Kier alpha value is -4.01. The van der Waals surface area contributed by atoms with Crippen LogP contribution >= 0.6 is 0 Å². The molecule has 5 heteroatoms. The molecular weight excluding hydrogens is 794 g/mol. The number of aromatic hydroxyl groups is 1. The fourth-order valence-electron chi connectivity index (χ4n) is 6.27. The molecule has 1 N–H and O–H groups in total. The number of fused-ring (bicyclic) bond motifs is 1. The van der Waals surface area contributed by atoms with Gasteiger partial charge in [0.2, 0.25) is 0 Å². The van der Waals surface area contributed by atoms with Crippen molar-refractivity contribution in [3.05, 3.63) is 119 Å². The molecule has 0 aliphatic heterocycles. The van der Waals surface area contributed by atoms with Crippen LogP contribution in [0, 0.1) is 6.07 Å². The summed E-state index contributed by atoms with van der Waals surface area (Å²) in [6.45, 7) is 24.7. The van der Waals surface area contributed by atoms with E-state index in [1.807, 2.05) is 24.4 Å². The van der Waals surface area contributed by atoms with Gasteiger partial charge in [-0.2, -0.15) is 0 Å². The number of pyridine rings is 1. The summed E-state index contributed by atoms with van der Waals surface area (Å²) in [6.07, 6.45) is 1.90. The summed E-state index contributed by atoms with van der Waals surface area (Å²) < 4.78 is 2.22. The molecule has 0 bridgehead atoms. The Balaban J connectivity index is 0.00000486. The first-order chi connectivity index (χ1) is 22.9. The number of hydrogen-bond donors (Lipinski definition) is 1. The number of para-hydroxylation sites is 2. The second kappa shape index (κ2) is 13.6. The zero-order valence-electron chi connectivity index (χ0n) is 31.3. The van der Waals surface area contributed by atoms with Gasteiger partial charge in [0.25, 0.3) is 0 Å². The largest absolute Gasteiger partial charge is 0.507 e. The number of hydrogen-bond acceptors (Lipinski definition) is 3. The first kappa shape index (κ1) is 37.2. The predicted octanol–water partition coefficient (Wildman–Crippen LogP) is 11.9. The normalized spacial score (nSPS) is 12.4. The molecule has 0 spiro atoms. The van der Waals surface area contributed by atoms with Crippen LogP contribution in [-0.4, -0.2) is 19.6 Å². The molecule has 2 aromatic heterocycles. The van der Waals surface area contributed by atoms with Crippen molar-refractivity contribution in [2.45, 2.75) is 98.3 Å². The summed E-state index contributed by atoms with van der Waals surface area (Å²) in [5, 5.41) is 11.2. The van der Waals surface area contributed by atoms with Gasteiger partial charge in [0.15, 0.2) is 0 Å². The van der Waals surface area contributed by atoms with Crippen LogP contribution in [0.3, 0.4) is 0 Å². The molecule has 0 aliphatic rings. The molecule has 0 unspecified atom stereocenters. The van der Waals surface area contributed by atoms with E-state index in [4.69, 9.17) is 9.97 Å². The third kappa shape index (κ3) is 7.37. The van der Waals surface area contributed by atoms with Crippen molar-refractivity contribution < 1.29 is 26.2 Å². The zero-order valence-corrected chi connectivity index (χ0v) is 33.6. The van der Waals surface area contributed by atoms with E-state index in [1.54, 1.807) is 6.07 Å². The molecule has 4 aromatic carbocycles. The SMILES string of the molecule is CC(C)c1ccnc(-c2[c-]c(-c3cccc4c3nc(-c3ccccc3O)n4-c3cc(C(C)(C)C)cc(C(C)(C)C)c3)cc(C(C)(C)C)c2)c1.[Pt]. The van der Waals surface area contributed by atoms with Crippen LogP contribution < -0.4 is 0 Å². The van der Waals surface area contributed by atoms with Gasteiger partial charge in [0, 0.05) is 38.6 Å². The van der Waals surface area contributed by atoms with Crippen LogP contribution in [0.2, 0.25) is 0 Å². The summed E-state index contributed by atoms with van der Waals surface area (Å²) in [7, 11) is 0. The van der Waals surface area contributed by atoms with Crippen LogP contribution in [0.15, 0.2) is 91.1 Å². The zero-order chi connectivity index (χ0) is 35.5. The monoisotopic (exact) mass is 843 g/mol. The van der Waals surface area contributed by atoms with Gasteiger partial charge in [-0.25, -0.2) is 4.98 Å². The summed E-state index contributed by atoms with van der Waals surface area (Å²) in [6, 6.07) is 33.3. The van der Waals surface area contributed by atoms with E-state index in [9.17, 15) is 5.11 Å². The van der Waals surface area contributed by atoms with Gasteiger partial charge in [0.1, 0.15) is 11.6 Å². The number of benzene rings is 4. The van der Waals surface area contributed by atoms with Crippen LogP contribution in [0.25, 0.3) is 50.5 Å². The fourth-order valence-corrected chi connectivity index (χ4v) is 6.27. The maximum absolute atomic E-state index is 11.2. The van der Waals surface area contributed by atoms with Gasteiger partial charge in [-0.15, -0.1) is 29.3 Å². The van der Waals surface area contributed by atoms with Gasteiger partial charge in [-0.1, -0.05) is 124 Å². The fraction of sp³-hybridized carbons (Fsp3) is 0.333. The molecule has 0 saturated carbocycles. The van der Waals surface area contributed by atoms with Gasteiger partial charge >= 0.3 is 0 Å². The molecule has 0 fully saturated rings. The first-order valence-corrected chi connectivity index (χ1v) is 17.4. The topological polar surface area (TPSA) is 50.9 Å². The number of imidazole rings is 1. The van der Waals surface area contributed by atoms with Crippen molar-refractivity contribution in [3.63, 3.8) is 0 Å². The van der Waals surface area contributed by atoms with Crippen LogP contribution in [-0.2, 0) is 37.3 Å². The number of rotatable bonds is 5. The summed E-state index contributed by atoms with van der Waals surface area (Å²) in [4.78, 5) is 10.2. The Morgan fingerprint density at radius 1 is 0.660 bits per heavy atom. The Morgan fingerprint density at radius 2 is 1.24 bits per heavy atom. The van der Waals surface area contributed by atoms with E-state index in [1.165, 1.54) is 22.3 Å². The molecule has 0 atom stereocenters. The van der Waals surface area contributed by atoms with E-state index in [0.29, 0.717) is 17.3 Å². The molecule has 262 valence electrons. The molecule has 6 rings (SSSR count). The summed E-state index contributed by atoms with van der Waals surface area (Å²) in [5.74, 6) is 1.29. The molecule has 0 radical (unpaired) electrons. The van der Waals surface area contributed by atoms with E-state index in [2.05, 4.69) is 147 Å². The molecule has 2 heterocycles. The standard InChI is InChI=1S/C45H50N3O.Pt/c1-28(2)29-19-20-46-38(24-29)31-21-30(22-32(23-31)43(3,4)5)36-16-14-17-39-41(36)47-42(37-15-12-13-18-40(37)49)48(39)35-26-33(44(6,7)8)25-34(27-35)45(9,10)11;/h12-20,22-28,49H,1-11H3;/q-1;. The van der Waals surface area contributed by atoms with E-state index in [0.717, 1.165) is 39.1 Å². The maximum atomic E-state index is 11.2. The molecule has 0 amide bonds. The Labute approximate surface area is 313 Å². The average Bonchev–Trinajstić information content (AvgIpc) is 3.43. The molecule has 50 heavy (non-hydrogen) atoms. The molecule has 6 aromatic rings. The second-order valence-corrected chi connectivity index (χ2v) is 16.8. The number of nitrogens with zero attached hydrogens (tertiary/aromatic N) is 3. The number of phenolic OH excluding ortho intramolecular Hbond substituents is 1. The van der Waals surface area contributed by atoms with E-state index < -0.39 is 0 Å². The summed E-state index contributed by atoms with van der Waals surface area (Å²) >= 11 is 0. The quantitative estimate of drug-likeness (QED) is 0.176. The molecule has 0 aliphatic carbocycles. The van der Waals surface area contributed by atoms with Gasteiger partial charge < -0.3 is 5.11 Å². The first-order valence-electron chi connectivity index (χ1n) is 17.4.